The molecule has 0 bridgehead atoms. The average molecular weight is 179 g/mol. The molecule has 0 fully saturated rings. The molecule has 3 nitrogen and oxygen atoms in total. The van der Waals surface area contributed by atoms with Crippen LogP contribution in [0.25, 0.3) is 0 Å². The minimum atomic E-state index is 0.132. The molecular weight excluding hydrogens is 166 g/mol. The number of anilines is 1. The van der Waals surface area contributed by atoms with Crippen LogP contribution in [0.5, 0.6) is 5.75 Å². The molecule has 0 saturated heterocycles. The van der Waals surface area contributed by atoms with Crippen LogP contribution in [0.2, 0.25) is 0 Å². The fraction of sp³-hybridized carbons (Fsp3) is 0.400. The fourth-order valence-corrected chi connectivity index (χ4v) is 1.66. The standard InChI is InChI=1S/C10H13NO2/c1-12-9-5-6-13-10-7(9)3-2-4-8(10)11/h2-4,9H,5-6,11H2,1H3/t9-/m0/s1. The molecular formula is C10H13NO2. The van der Waals surface area contributed by atoms with Gasteiger partial charge in [0.1, 0.15) is 5.75 Å². The van der Waals surface area contributed by atoms with Gasteiger partial charge in [-0.3, -0.25) is 0 Å². The van der Waals surface area contributed by atoms with Gasteiger partial charge in [0.25, 0.3) is 0 Å². The van der Waals surface area contributed by atoms with Crippen molar-refractivity contribution >= 4 is 5.69 Å². The fourth-order valence-electron chi connectivity index (χ4n) is 1.66. The summed E-state index contributed by atoms with van der Waals surface area (Å²) < 4.78 is 10.8. The van der Waals surface area contributed by atoms with Crippen LogP contribution in [-0.2, 0) is 4.74 Å². The molecule has 0 spiro atoms. The van der Waals surface area contributed by atoms with E-state index in [2.05, 4.69) is 0 Å². The average Bonchev–Trinajstić information content (AvgIpc) is 2.18. The van der Waals surface area contributed by atoms with Crippen LogP contribution in [0.15, 0.2) is 18.2 Å². The Bertz CT molecular complexity index is 312. The summed E-state index contributed by atoms with van der Waals surface area (Å²) in [6.45, 7) is 0.680. The Morgan fingerprint density at radius 3 is 3.15 bits per heavy atom. The lowest BCUT2D eigenvalue weighted by Crippen LogP contribution is -2.16. The molecule has 0 unspecified atom stereocenters. The second kappa shape index (κ2) is 3.26. The van der Waals surface area contributed by atoms with Gasteiger partial charge >= 0.3 is 0 Å². The van der Waals surface area contributed by atoms with Crippen molar-refractivity contribution < 1.29 is 9.47 Å². The molecule has 0 amide bonds. The third kappa shape index (κ3) is 1.35. The molecule has 1 aromatic carbocycles. The molecule has 13 heavy (non-hydrogen) atoms. The lowest BCUT2D eigenvalue weighted by molar-refractivity contribution is 0.0640. The quantitative estimate of drug-likeness (QED) is 0.668. The van der Waals surface area contributed by atoms with E-state index in [0.29, 0.717) is 12.3 Å². The monoisotopic (exact) mass is 179 g/mol. The first-order chi connectivity index (χ1) is 6.33. The predicted octanol–water partition coefficient (Wildman–Crippen LogP) is 1.74. The summed E-state index contributed by atoms with van der Waals surface area (Å²) in [7, 11) is 1.71. The Balaban J connectivity index is 2.45. The number of nitrogen functional groups attached to an aromatic ring is 1. The molecule has 0 saturated carbocycles. The normalized spacial score (nSPS) is 20.5. The Kier molecular flexibility index (Phi) is 2.10. The summed E-state index contributed by atoms with van der Waals surface area (Å²) in [6, 6.07) is 5.77. The van der Waals surface area contributed by atoms with Crippen LogP contribution in [0.3, 0.4) is 0 Å². The minimum Gasteiger partial charge on any atom is -0.491 e. The lowest BCUT2D eigenvalue weighted by atomic mass is 10.0. The molecule has 0 radical (unpaired) electrons. The van der Waals surface area contributed by atoms with Gasteiger partial charge < -0.3 is 15.2 Å². The van der Waals surface area contributed by atoms with E-state index in [9.17, 15) is 0 Å². The molecule has 0 aliphatic carbocycles. The maximum absolute atomic E-state index is 5.78. The van der Waals surface area contributed by atoms with Crippen molar-refractivity contribution in [3.8, 4) is 5.75 Å². The summed E-state index contributed by atoms with van der Waals surface area (Å²) in [4.78, 5) is 0. The van der Waals surface area contributed by atoms with E-state index < -0.39 is 0 Å². The zero-order valence-corrected chi connectivity index (χ0v) is 7.62. The van der Waals surface area contributed by atoms with Crippen molar-refractivity contribution in [3.63, 3.8) is 0 Å². The molecule has 1 aromatic rings. The van der Waals surface area contributed by atoms with Gasteiger partial charge in [0.05, 0.1) is 18.4 Å². The molecule has 3 heteroatoms. The van der Waals surface area contributed by atoms with E-state index in [1.54, 1.807) is 7.11 Å². The van der Waals surface area contributed by atoms with Crippen molar-refractivity contribution in [1.82, 2.24) is 0 Å². The Morgan fingerprint density at radius 2 is 2.38 bits per heavy atom. The summed E-state index contributed by atoms with van der Waals surface area (Å²) in [5.74, 6) is 0.792. The summed E-state index contributed by atoms with van der Waals surface area (Å²) in [5, 5.41) is 0. The van der Waals surface area contributed by atoms with Crippen LogP contribution in [0, 0.1) is 0 Å². The van der Waals surface area contributed by atoms with Gasteiger partial charge in [-0.25, -0.2) is 0 Å². The second-order valence-corrected chi connectivity index (χ2v) is 3.13. The van der Waals surface area contributed by atoms with Crippen molar-refractivity contribution in [2.45, 2.75) is 12.5 Å². The SMILES string of the molecule is CO[C@H]1CCOc2c(N)cccc21. The number of methoxy groups -OCH3 is 1. The van der Waals surface area contributed by atoms with Crippen LogP contribution in [0.4, 0.5) is 5.69 Å². The highest BCUT2D eigenvalue weighted by molar-refractivity contribution is 5.58. The number of hydrogen-bond acceptors (Lipinski definition) is 3. The Hall–Kier alpha value is -1.22. The van der Waals surface area contributed by atoms with Gasteiger partial charge in [0.15, 0.2) is 0 Å². The van der Waals surface area contributed by atoms with Crippen LogP contribution in [0.1, 0.15) is 18.1 Å². The zero-order valence-electron chi connectivity index (χ0n) is 7.62. The van der Waals surface area contributed by atoms with Crippen LogP contribution < -0.4 is 10.5 Å². The Morgan fingerprint density at radius 1 is 1.54 bits per heavy atom. The number of rotatable bonds is 1. The molecule has 1 atom stereocenters. The number of benzene rings is 1. The van der Waals surface area contributed by atoms with E-state index in [0.717, 1.165) is 17.7 Å². The van der Waals surface area contributed by atoms with E-state index in [1.165, 1.54) is 0 Å². The highest BCUT2D eigenvalue weighted by Gasteiger charge is 2.22. The van der Waals surface area contributed by atoms with Crippen molar-refractivity contribution in [2.75, 3.05) is 19.5 Å². The van der Waals surface area contributed by atoms with Gasteiger partial charge in [-0.05, 0) is 6.07 Å². The van der Waals surface area contributed by atoms with Gasteiger partial charge in [-0.2, -0.15) is 0 Å². The number of fused-ring (bicyclic) bond motifs is 1. The van der Waals surface area contributed by atoms with Gasteiger partial charge in [0.2, 0.25) is 0 Å². The van der Waals surface area contributed by atoms with Crippen molar-refractivity contribution in [1.29, 1.82) is 0 Å². The first-order valence-corrected chi connectivity index (χ1v) is 4.37. The van der Waals surface area contributed by atoms with Crippen molar-refractivity contribution in [2.24, 2.45) is 0 Å². The molecule has 70 valence electrons. The third-order valence-corrected chi connectivity index (χ3v) is 2.33. The Labute approximate surface area is 77.5 Å². The molecule has 1 aliphatic heterocycles. The van der Waals surface area contributed by atoms with Gasteiger partial charge in [-0.15, -0.1) is 0 Å². The molecule has 0 aromatic heterocycles. The van der Waals surface area contributed by atoms with Gasteiger partial charge in [0, 0.05) is 19.1 Å². The maximum Gasteiger partial charge on any atom is 0.147 e. The smallest absolute Gasteiger partial charge is 0.147 e. The maximum atomic E-state index is 5.78. The zero-order chi connectivity index (χ0) is 9.26. The number of nitrogens with two attached hydrogens (primary N) is 1. The third-order valence-electron chi connectivity index (χ3n) is 2.33. The highest BCUT2D eigenvalue weighted by Crippen LogP contribution is 2.37. The second-order valence-electron chi connectivity index (χ2n) is 3.13. The first kappa shape index (κ1) is 8.38. The van der Waals surface area contributed by atoms with E-state index in [4.69, 9.17) is 15.2 Å². The lowest BCUT2D eigenvalue weighted by Gasteiger charge is -2.25. The first-order valence-electron chi connectivity index (χ1n) is 4.37. The molecule has 1 heterocycles. The largest absolute Gasteiger partial charge is 0.491 e. The van der Waals surface area contributed by atoms with E-state index in [1.807, 2.05) is 18.2 Å². The highest BCUT2D eigenvalue weighted by atomic mass is 16.5. The number of para-hydroxylation sites is 1. The van der Waals surface area contributed by atoms with Gasteiger partial charge in [-0.1, -0.05) is 12.1 Å². The number of hydrogen-bond donors (Lipinski definition) is 1. The van der Waals surface area contributed by atoms with Crippen LogP contribution >= 0.6 is 0 Å². The van der Waals surface area contributed by atoms with E-state index >= 15 is 0 Å². The minimum absolute atomic E-state index is 0.132. The summed E-state index contributed by atoms with van der Waals surface area (Å²) >= 11 is 0. The summed E-state index contributed by atoms with van der Waals surface area (Å²) in [5.41, 5.74) is 7.54. The molecule has 1 aliphatic rings. The van der Waals surface area contributed by atoms with E-state index in [-0.39, 0.29) is 6.10 Å². The van der Waals surface area contributed by atoms with Crippen LogP contribution in [-0.4, -0.2) is 13.7 Å². The van der Waals surface area contributed by atoms with Crippen molar-refractivity contribution in [3.05, 3.63) is 23.8 Å². The number of ether oxygens (including phenoxy) is 2. The molecule has 2 N–H and O–H groups in total. The predicted molar refractivity (Wildman–Crippen MR) is 50.7 cm³/mol. The topological polar surface area (TPSA) is 44.5 Å². The summed E-state index contributed by atoms with van der Waals surface area (Å²) in [6.07, 6.45) is 1.03. The molecule has 2 rings (SSSR count).